The topological polar surface area (TPSA) is 69.7 Å². The van der Waals surface area contributed by atoms with Crippen molar-refractivity contribution in [2.75, 3.05) is 13.6 Å². The molecule has 1 saturated heterocycles. The number of carbonyl (C=O) groups excluding carboxylic acids is 3. The number of benzene rings is 2. The summed E-state index contributed by atoms with van der Waals surface area (Å²) >= 11 is 0. The minimum Gasteiger partial charge on any atom is -0.337 e. The maximum absolute atomic E-state index is 14.2. The summed E-state index contributed by atoms with van der Waals surface area (Å²) in [5.41, 5.74) is -1.30. The molecule has 2 atom stereocenters. The van der Waals surface area contributed by atoms with Crippen molar-refractivity contribution < 1.29 is 27.6 Å². The lowest BCUT2D eigenvalue weighted by Crippen LogP contribution is -2.44. The van der Waals surface area contributed by atoms with Crippen LogP contribution in [-0.4, -0.2) is 41.2 Å². The summed E-state index contributed by atoms with van der Waals surface area (Å²) in [6.45, 7) is 2.44. The molecule has 4 amide bonds. The maximum atomic E-state index is 14.2. The molecule has 0 bridgehead atoms. The van der Waals surface area contributed by atoms with E-state index in [9.17, 15) is 27.6 Å². The Morgan fingerprint density at radius 3 is 2.30 bits per heavy atom. The first-order chi connectivity index (χ1) is 14.0. The lowest BCUT2D eigenvalue weighted by molar-refractivity contribution is -0.139. The Morgan fingerprint density at radius 2 is 1.70 bits per heavy atom. The van der Waals surface area contributed by atoms with Crippen LogP contribution in [0.5, 0.6) is 0 Å². The average Bonchev–Trinajstić information content (AvgIpc) is 2.91. The zero-order chi connectivity index (χ0) is 22.2. The van der Waals surface area contributed by atoms with Gasteiger partial charge in [-0.3, -0.25) is 14.5 Å². The molecular formula is C21H20F3N3O3. The number of likely N-dealkylation sites (N-methyl/N-ethyl adjacent to an activating group) is 1. The van der Waals surface area contributed by atoms with Gasteiger partial charge in [0.05, 0.1) is 6.04 Å². The number of hydrogen-bond donors (Lipinski definition) is 1. The van der Waals surface area contributed by atoms with Crippen LogP contribution in [0.2, 0.25) is 0 Å². The molecule has 1 heterocycles. The van der Waals surface area contributed by atoms with Crippen LogP contribution in [0.15, 0.2) is 42.5 Å². The average molecular weight is 419 g/mol. The van der Waals surface area contributed by atoms with Crippen molar-refractivity contribution >= 4 is 17.8 Å². The standard InChI is InChI=1S/C21H20F3N3O3/c1-12(13-4-6-14(22)7-5-13)26(3)18(28)11-27-19(29)21(2,25-20(27)30)16-9-8-15(23)10-17(16)24/h4-10,12H,11H2,1-3H3,(H,25,30). The van der Waals surface area contributed by atoms with E-state index in [2.05, 4.69) is 5.32 Å². The lowest BCUT2D eigenvalue weighted by atomic mass is 9.91. The summed E-state index contributed by atoms with van der Waals surface area (Å²) in [6.07, 6.45) is 0. The Hall–Kier alpha value is -3.36. The molecule has 9 heteroatoms. The summed E-state index contributed by atoms with van der Waals surface area (Å²) in [5, 5.41) is 2.38. The fourth-order valence-corrected chi connectivity index (χ4v) is 3.35. The van der Waals surface area contributed by atoms with Gasteiger partial charge in [0, 0.05) is 18.7 Å². The third-order valence-electron chi connectivity index (χ3n) is 5.36. The molecule has 1 aliphatic rings. The van der Waals surface area contributed by atoms with Gasteiger partial charge in [0.1, 0.15) is 29.5 Å². The van der Waals surface area contributed by atoms with Crippen molar-refractivity contribution in [3.63, 3.8) is 0 Å². The number of rotatable bonds is 5. The number of halogens is 3. The zero-order valence-corrected chi connectivity index (χ0v) is 16.6. The smallest absolute Gasteiger partial charge is 0.325 e. The van der Waals surface area contributed by atoms with E-state index in [1.165, 1.54) is 43.1 Å². The molecule has 3 rings (SSSR count). The number of amides is 4. The Kier molecular flexibility index (Phi) is 5.56. The molecule has 2 aromatic carbocycles. The highest BCUT2D eigenvalue weighted by molar-refractivity contribution is 6.09. The molecule has 0 aliphatic carbocycles. The van der Waals surface area contributed by atoms with Crippen LogP contribution in [-0.2, 0) is 15.1 Å². The van der Waals surface area contributed by atoms with Gasteiger partial charge >= 0.3 is 6.03 Å². The van der Waals surface area contributed by atoms with Gasteiger partial charge < -0.3 is 10.2 Å². The van der Waals surface area contributed by atoms with Crippen LogP contribution in [0.1, 0.15) is 31.0 Å². The molecule has 2 aromatic rings. The molecule has 158 valence electrons. The predicted molar refractivity (Wildman–Crippen MR) is 102 cm³/mol. The second kappa shape index (κ2) is 7.81. The largest absolute Gasteiger partial charge is 0.337 e. The Morgan fingerprint density at radius 1 is 1.10 bits per heavy atom. The number of urea groups is 1. The van der Waals surface area contributed by atoms with E-state index in [0.717, 1.165) is 12.1 Å². The summed E-state index contributed by atoms with van der Waals surface area (Å²) in [5.74, 6) is -3.58. The molecular weight excluding hydrogens is 399 g/mol. The zero-order valence-electron chi connectivity index (χ0n) is 16.6. The third-order valence-corrected chi connectivity index (χ3v) is 5.36. The van der Waals surface area contributed by atoms with Gasteiger partial charge in [-0.1, -0.05) is 18.2 Å². The fraction of sp³-hybridized carbons (Fsp3) is 0.286. The number of imide groups is 1. The van der Waals surface area contributed by atoms with Crippen molar-refractivity contribution in [1.82, 2.24) is 15.1 Å². The number of nitrogens with zero attached hydrogens (tertiary/aromatic N) is 2. The number of carbonyl (C=O) groups is 3. The lowest BCUT2D eigenvalue weighted by Gasteiger charge is -2.27. The van der Waals surface area contributed by atoms with Crippen molar-refractivity contribution in [3.8, 4) is 0 Å². The van der Waals surface area contributed by atoms with Crippen molar-refractivity contribution in [2.24, 2.45) is 0 Å². The molecule has 1 N–H and O–H groups in total. The summed E-state index contributed by atoms with van der Waals surface area (Å²) in [6, 6.07) is 6.98. The highest BCUT2D eigenvalue weighted by atomic mass is 19.1. The van der Waals surface area contributed by atoms with Crippen LogP contribution in [0.4, 0.5) is 18.0 Å². The van der Waals surface area contributed by atoms with Gasteiger partial charge in [-0.25, -0.2) is 18.0 Å². The van der Waals surface area contributed by atoms with E-state index < -0.39 is 53.4 Å². The van der Waals surface area contributed by atoms with Gasteiger partial charge in [-0.2, -0.15) is 0 Å². The first-order valence-corrected chi connectivity index (χ1v) is 9.15. The predicted octanol–water partition coefficient (Wildman–Crippen LogP) is 3.09. The first kappa shape index (κ1) is 21.4. The number of hydrogen-bond acceptors (Lipinski definition) is 3. The van der Waals surface area contributed by atoms with Gasteiger partial charge in [-0.15, -0.1) is 0 Å². The quantitative estimate of drug-likeness (QED) is 0.758. The summed E-state index contributed by atoms with van der Waals surface area (Å²) in [7, 11) is 1.49. The monoisotopic (exact) mass is 419 g/mol. The molecule has 0 aromatic heterocycles. The molecule has 0 spiro atoms. The van der Waals surface area contributed by atoms with Crippen molar-refractivity contribution in [1.29, 1.82) is 0 Å². The third kappa shape index (κ3) is 3.74. The van der Waals surface area contributed by atoms with E-state index in [0.29, 0.717) is 16.5 Å². The summed E-state index contributed by atoms with van der Waals surface area (Å²) in [4.78, 5) is 40.0. The minimum atomic E-state index is -1.77. The van der Waals surface area contributed by atoms with Crippen molar-refractivity contribution in [2.45, 2.75) is 25.4 Å². The molecule has 30 heavy (non-hydrogen) atoms. The molecule has 2 unspecified atom stereocenters. The van der Waals surface area contributed by atoms with E-state index in [1.54, 1.807) is 6.92 Å². The normalized spacial score (nSPS) is 19.6. The second-order valence-corrected chi connectivity index (χ2v) is 7.30. The number of nitrogens with one attached hydrogen (secondary N) is 1. The highest BCUT2D eigenvalue weighted by Gasteiger charge is 2.51. The molecule has 1 aliphatic heterocycles. The Balaban J connectivity index is 1.77. The summed E-state index contributed by atoms with van der Waals surface area (Å²) < 4.78 is 40.6. The van der Waals surface area contributed by atoms with Crippen LogP contribution < -0.4 is 5.32 Å². The van der Waals surface area contributed by atoms with Crippen LogP contribution in [0, 0.1) is 17.5 Å². The highest BCUT2D eigenvalue weighted by Crippen LogP contribution is 2.31. The Labute approximate surface area is 171 Å². The maximum Gasteiger partial charge on any atom is 0.325 e. The van der Waals surface area contributed by atoms with E-state index in [-0.39, 0.29) is 5.56 Å². The van der Waals surface area contributed by atoms with E-state index in [1.807, 2.05) is 0 Å². The SMILES string of the molecule is CC(c1ccc(F)cc1)N(C)C(=O)CN1C(=O)NC(C)(c2ccc(F)cc2F)C1=O. The Bertz CT molecular complexity index is 1010. The van der Waals surface area contributed by atoms with Crippen LogP contribution in [0.3, 0.4) is 0 Å². The van der Waals surface area contributed by atoms with Crippen LogP contribution in [0.25, 0.3) is 0 Å². The fourth-order valence-electron chi connectivity index (χ4n) is 3.35. The van der Waals surface area contributed by atoms with Crippen LogP contribution >= 0.6 is 0 Å². The molecule has 0 saturated carbocycles. The molecule has 6 nitrogen and oxygen atoms in total. The first-order valence-electron chi connectivity index (χ1n) is 9.15. The van der Waals surface area contributed by atoms with Gasteiger partial charge in [0.2, 0.25) is 5.91 Å². The molecule has 0 radical (unpaired) electrons. The van der Waals surface area contributed by atoms with E-state index >= 15 is 0 Å². The minimum absolute atomic E-state index is 0.203. The van der Waals surface area contributed by atoms with E-state index in [4.69, 9.17) is 0 Å². The second-order valence-electron chi connectivity index (χ2n) is 7.30. The van der Waals surface area contributed by atoms with Gasteiger partial charge in [0.25, 0.3) is 5.91 Å². The van der Waals surface area contributed by atoms with Gasteiger partial charge in [-0.05, 0) is 37.6 Å². The van der Waals surface area contributed by atoms with Crippen molar-refractivity contribution in [3.05, 3.63) is 71.0 Å². The molecule has 1 fully saturated rings. The van der Waals surface area contributed by atoms with Gasteiger partial charge in [0.15, 0.2) is 0 Å².